The van der Waals surface area contributed by atoms with Crippen molar-refractivity contribution in [2.45, 2.75) is 44.1 Å². The number of piperidine rings is 1. The molecule has 2 aliphatic carbocycles. The van der Waals surface area contributed by atoms with Crippen molar-refractivity contribution in [1.29, 1.82) is 0 Å². The Bertz CT molecular complexity index is 352. The molecule has 4 heteroatoms. The zero-order valence-corrected chi connectivity index (χ0v) is 9.24. The molecule has 1 heterocycles. The average Bonchev–Trinajstić information content (AvgIpc) is 2.27. The van der Waals surface area contributed by atoms with Crippen LogP contribution >= 0.6 is 0 Å². The quantitative estimate of drug-likeness (QED) is 0.591. The largest absolute Gasteiger partial charge is 0.380 e. The first-order valence-electron chi connectivity index (χ1n) is 6.20. The maximum atomic E-state index is 11.8. The summed E-state index contributed by atoms with van der Waals surface area (Å²) < 4.78 is 0. The van der Waals surface area contributed by atoms with Crippen LogP contribution in [-0.4, -0.2) is 22.5 Å². The van der Waals surface area contributed by atoms with Gasteiger partial charge in [0, 0.05) is 11.8 Å². The molecule has 2 saturated carbocycles. The van der Waals surface area contributed by atoms with Gasteiger partial charge in [-0.2, -0.15) is 0 Å². The third-order valence-electron chi connectivity index (χ3n) is 4.68. The van der Waals surface area contributed by atoms with Crippen LogP contribution in [0.3, 0.4) is 0 Å². The molecule has 0 spiro atoms. The Balaban J connectivity index is 2.02. The SMILES string of the molecule is O=C1NC(=O)C2(O)CCCC3CCCC1C32. The first kappa shape index (κ1) is 10.3. The van der Waals surface area contributed by atoms with Gasteiger partial charge in [-0.1, -0.05) is 12.8 Å². The van der Waals surface area contributed by atoms with Crippen molar-refractivity contribution in [3.05, 3.63) is 0 Å². The maximum Gasteiger partial charge on any atom is 0.258 e. The van der Waals surface area contributed by atoms with Crippen molar-refractivity contribution >= 4 is 11.8 Å². The average molecular weight is 223 g/mol. The minimum absolute atomic E-state index is 0.115. The summed E-state index contributed by atoms with van der Waals surface area (Å²) in [5.74, 6) is -0.498. The van der Waals surface area contributed by atoms with Crippen LogP contribution in [0.2, 0.25) is 0 Å². The second-order valence-electron chi connectivity index (χ2n) is 5.46. The lowest BCUT2D eigenvalue weighted by Gasteiger charge is -2.51. The van der Waals surface area contributed by atoms with Gasteiger partial charge in [0.2, 0.25) is 5.91 Å². The van der Waals surface area contributed by atoms with Crippen LogP contribution in [0, 0.1) is 17.8 Å². The predicted octanol–water partition coefficient (Wildman–Crippen LogP) is 0.590. The van der Waals surface area contributed by atoms with E-state index in [1.165, 1.54) is 0 Å². The van der Waals surface area contributed by atoms with Gasteiger partial charge >= 0.3 is 0 Å². The molecular weight excluding hydrogens is 206 g/mol. The molecule has 0 aromatic rings. The number of rotatable bonds is 0. The Kier molecular flexibility index (Phi) is 2.11. The van der Waals surface area contributed by atoms with Crippen LogP contribution in [0.4, 0.5) is 0 Å². The van der Waals surface area contributed by atoms with E-state index < -0.39 is 11.5 Å². The van der Waals surface area contributed by atoms with Crippen LogP contribution < -0.4 is 5.32 Å². The minimum atomic E-state index is -1.26. The second-order valence-corrected chi connectivity index (χ2v) is 5.46. The number of hydrogen-bond donors (Lipinski definition) is 2. The number of hydrogen-bond acceptors (Lipinski definition) is 3. The van der Waals surface area contributed by atoms with E-state index in [9.17, 15) is 14.7 Å². The van der Waals surface area contributed by atoms with Gasteiger partial charge in [0.25, 0.3) is 5.91 Å². The summed E-state index contributed by atoms with van der Waals surface area (Å²) in [6, 6.07) is 0. The fraction of sp³-hybridized carbons (Fsp3) is 0.833. The lowest BCUT2D eigenvalue weighted by molar-refractivity contribution is -0.177. The van der Waals surface area contributed by atoms with Gasteiger partial charge in [0.15, 0.2) is 0 Å². The van der Waals surface area contributed by atoms with Crippen LogP contribution in [0.5, 0.6) is 0 Å². The fourth-order valence-corrected chi connectivity index (χ4v) is 4.01. The van der Waals surface area contributed by atoms with Crippen LogP contribution in [-0.2, 0) is 9.59 Å². The Morgan fingerprint density at radius 2 is 1.94 bits per heavy atom. The maximum absolute atomic E-state index is 11.8. The van der Waals surface area contributed by atoms with Crippen molar-refractivity contribution in [1.82, 2.24) is 5.32 Å². The molecule has 4 nitrogen and oxygen atoms in total. The highest BCUT2D eigenvalue weighted by Crippen LogP contribution is 2.50. The lowest BCUT2D eigenvalue weighted by atomic mass is 9.57. The molecule has 16 heavy (non-hydrogen) atoms. The van der Waals surface area contributed by atoms with Crippen molar-refractivity contribution in [3.63, 3.8) is 0 Å². The number of carbonyl (C=O) groups excluding carboxylic acids is 2. The summed E-state index contributed by atoms with van der Waals surface area (Å²) in [5, 5.41) is 12.9. The first-order valence-corrected chi connectivity index (χ1v) is 6.20. The van der Waals surface area contributed by atoms with E-state index in [0.29, 0.717) is 12.3 Å². The summed E-state index contributed by atoms with van der Waals surface area (Å²) >= 11 is 0. The second kappa shape index (κ2) is 3.29. The summed E-state index contributed by atoms with van der Waals surface area (Å²) in [6.45, 7) is 0. The molecule has 3 rings (SSSR count). The molecule has 4 atom stereocenters. The molecular formula is C12H17NO3. The third-order valence-corrected chi connectivity index (χ3v) is 4.68. The van der Waals surface area contributed by atoms with E-state index >= 15 is 0 Å². The summed E-state index contributed by atoms with van der Waals surface area (Å²) in [5.41, 5.74) is -1.26. The lowest BCUT2D eigenvalue weighted by Crippen LogP contribution is -2.66. The Labute approximate surface area is 94.4 Å². The van der Waals surface area contributed by atoms with E-state index in [-0.39, 0.29) is 17.7 Å². The van der Waals surface area contributed by atoms with E-state index in [2.05, 4.69) is 5.32 Å². The van der Waals surface area contributed by atoms with Crippen LogP contribution in [0.1, 0.15) is 38.5 Å². The molecule has 0 aromatic carbocycles. The smallest absolute Gasteiger partial charge is 0.258 e. The molecule has 1 saturated heterocycles. The minimum Gasteiger partial charge on any atom is -0.380 e. The van der Waals surface area contributed by atoms with Gasteiger partial charge in [0.1, 0.15) is 5.60 Å². The van der Waals surface area contributed by atoms with Gasteiger partial charge < -0.3 is 5.11 Å². The number of nitrogens with one attached hydrogen (secondary N) is 1. The number of carbonyl (C=O) groups is 2. The van der Waals surface area contributed by atoms with Gasteiger partial charge in [-0.3, -0.25) is 14.9 Å². The van der Waals surface area contributed by atoms with Crippen molar-refractivity contribution in [3.8, 4) is 0 Å². The monoisotopic (exact) mass is 223 g/mol. The highest BCUT2D eigenvalue weighted by atomic mass is 16.3. The van der Waals surface area contributed by atoms with Crippen molar-refractivity contribution in [2.24, 2.45) is 17.8 Å². The number of amides is 2. The summed E-state index contributed by atoms with van der Waals surface area (Å²) in [7, 11) is 0. The first-order chi connectivity index (χ1) is 7.63. The van der Waals surface area contributed by atoms with E-state index in [1.807, 2.05) is 0 Å². The highest BCUT2D eigenvalue weighted by molar-refractivity contribution is 6.03. The van der Waals surface area contributed by atoms with Crippen molar-refractivity contribution < 1.29 is 14.7 Å². The molecule has 3 aliphatic rings. The van der Waals surface area contributed by atoms with E-state index in [1.54, 1.807) is 0 Å². The van der Waals surface area contributed by atoms with Gasteiger partial charge in [-0.15, -0.1) is 0 Å². The molecule has 0 radical (unpaired) electrons. The number of aliphatic hydroxyl groups is 1. The molecule has 0 aromatic heterocycles. The Hall–Kier alpha value is -0.900. The molecule has 0 bridgehead atoms. The zero-order chi connectivity index (χ0) is 11.3. The molecule has 4 unspecified atom stereocenters. The standard InChI is InChI=1S/C12H17NO3/c14-10-8-5-1-3-7-4-2-6-12(16,9(7)8)11(15)13-10/h7-9,16H,1-6H2,(H,13,14,15). The fourth-order valence-electron chi connectivity index (χ4n) is 4.01. The van der Waals surface area contributed by atoms with Crippen LogP contribution in [0.15, 0.2) is 0 Å². The predicted molar refractivity (Wildman–Crippen MR) is 56.3 cm³/mol. The Morgan fingerprint density at radius 1 is 1.19 bits per heavy atom. The summed E-state index contributed by atoms with van der Waals surface area (Å²) in [6.07, 6.45) is 5.40. The normalized spacial score (nSPS) is 47.2. The van der Waals surface area contributed by atoms with Gasteiger partial charge in [0.05, 0.1) is 0 Å². The van der Waals surface area contributed by atoms with E-state index in [0.717, 1.165) is 32.1 Å². The Morgan fingerprint density at radius 3 is 2.75 bits per heavy atom. The molecule has 3 fully saturated rings. The molecule has 2 amide bonds. The van der Waals surface area contributed by atoms with Crippen LogP contribution in [0.25, 0.3) is 0 Å². The van der Waals surface area contributed by atoms with Crippen molar-refractivity contribution in [2.75, 3.05) is 0 Å². The topological polar surface area (TPSA) is 66.4 Å². The summed E-state index contributed by atoms with van der Waals surface area (Å²) in [4.78, 5) is 23.6. The zero-order valence-electron chi connectivity index (χ0n) is 9.24. The van der Waals surface area contributed by atoms with Gasteiger partial charge in [-0.25, -0.2) is 0 Å². The molecule has 1 aliphatic heterocycles. The van der Waals surface area contributed by atoms with Gasteiger partial charge in [-0.05, 0) is 31.6 Å². The van der Waals surface area contributed by atoms with E-state index in [4.69, 9.17) is 0 Å². The molecule has 88 valence electrons. The molecule has 2 N–H and O–H groups in total. The number of imide groups is 1. The highest BCUT2D eigenvalue weighted by Gasteiger charge is 2.58. The third kappa shape index (κ3) is 1.19.